The Bertz CT molecular complexity index is 668. The Balaban J connectivity index is 2.99. The summed E-state index contributed by atoms with van der Waals surface area (Å²) in [7, 11) is -1.19. The molecule has 0 N–H and O–H groups in total. The van der Waals surface area contributed by atoms with Crippen LogP contribution in [0.1, 0.15) is 22.8 Å². The highest BCUT2D eigenvalue weighted by atomic mass is 35.5. The number of esters is 2. The van der Waals surface area contributed by atoms with Crippen LogP contribution in [-0.2, 0) is 29.9 Å². The summed E-state index contributed by atoms with van der Waals surface area (Å²) in [5.74, 6) is -2.76. The summed E-state index contributed by atoms with van der Waals surface area (Å²) in [5.41, 5.74) is 0.375. The van der Waals surface area contributed by atoms with Crippen molar-refractivity contribution < 1.29 is 27.5 Å². The zero-order valence-corrected chi connectivity index (χ0v) is 14.0. The van der Waals surface area contributed by atoms with E-state index in [2.05, 4.69) is 9.47 Å². The van der Waals surface area contributed by atoms with Crippen molar-refractivity contribution in [3.8, 4) is 0 Å². The molecule has 122 valence electrons. The predicted octanol–water partition coefficient (Wildman–Crippen LogP) is 1.85. The zero-order valence-electron chi connectivity index (χ0n) is 12.5. The lowest BCUT2D eigenvalue weighted by atomic mass is 10.1. The number of rotatable bonds is 6. The van der Waals surface area contributed by atoms with Gasteiger partial charge in [0, 0.05) is 0 Å². The first kappa shape index (κ1) is 18.4. The summed E-state index contributed by atoms with van der Waals surface area (Å²) in [6.45, 7) is 1.47. The topological polar surface area (TPSA) is 86.7 Å². The molecule has 1 aromatic rings. The molecule has 1 aromatic carbocycles. The lowest BCUT2D eigenvalue weighted by Crippen LogP contribution is -2.23. The van der Waals surface area contributed by atoms with Crippen LogP contribution in [0.3, 0.4) is 0 Å². The van der Waals surface area contributed by atoms with Gasteiger partial charge in [-0.25, -0.2) is 13.2 Å². The molecule has 0 amide bonds. The van der Waals surface area contributed by atoms with Gasteiger partial charge < -0.3 is 9.47 Å². The molecule has 1 atom stereocenters. The van der Waals surface area contributed by atoms with Crippen LogP contribution in [0, 0.1) is 5.92 Å². The molecule has 0 saturated carbocycles. The minimum atomic E-state index is -3.60. The second kappa shape index (κ2) is 7.60. The standard InChI is InChI=1S/C14H17ClO6S/c1-9(13(16)20-2)7-22(18,19)8-10-5-4-6-11(12(10)15)14(17)21-3/h4-6,9H,7-8H2,1-3H3. The summed E-state index contributed by atoms with van der Waals surface area (Å²) in [4.78, 5) is 22.9. The molecule has 0 bridgehead atoms. The molecule has 1 rings (SSSR count). The lowest BCUT2D eigenvalue weighted by molar-refractivity contribution is -0.144. The number of halogens is 1. The Morgan fingerprint density at radius 2 is 1.86 bits per heavy atom. The molecule has 0 aliphatic heterocycles. The van der Waals surface area contributed by atoms with E-state index in [0.29, 0.717) is 0 Å². The average molecular weight is 349 g/mol. The Kier molecular flexibility index (Phi) is 6.37. The molecule has 22 heavy (non-hydrogen) atoms. The van der Waals surface area contributed by atoms with Gasteiger partial charge in [0.05, 0.1) is 42.2 Å². The van der Waals surface area contributed by atoms with Gasteiger partial charge in [-0.2, -0.15) is 0 Å². The first-order chi connectivity index (χ1) is 10.2. The maximum atomic E-state index is 12.2. The van der Waals surface area contributed by atoms with Crippen LogP contribution in [0.4, 0.5) is 0 Å². The first-order valence-corrected chi connectivity index (χ1v) is 8.55. The monoisotopic (exact) mass is 348 g/mol. The van der Waals surface area contributed by atoms with E-state index in [4.69, 9.17) is 11.6 Å². The van der Waals surface area contributed by atoms with Crippen molar-refractivity contribution in [1.82, 2.24) is 0 Å². The molecule has 1 unspecified atom stereocenters. The highest BCUT2D eigenvalue weighted by Crippen LogP contribution is 2.24. The third-order valence-electron chi connectivity index (χ3n) is 2.97. The predicted molar refractivity (Wildman–Crippen MR) is 81.5 cm³/mol. The van der Waals surface area contributed by atoms with E-state index in [9.17, 15) is 18.0 Å². The van der Waals surface area contributed by atoms with Crippen molar-refractivity contribution in [2.24, 2.45) is 5.92 Å². The molecule has 0 spiro atoms. The van der Waals surface area contributed by atoms with E-state index in [1.165, 1.54) is 39.3 Å². The van der Waals surface area contributed by atoms with Crippen molar-refractivity contribution in [2.45, 2.75) is 12.7 Å². The first-order valence-electron chi connectivity index (χ1n) is 6.35. The molecule has 0 heterocycles. The molecular weight excluding hydrogens is 332 g/mol. The highest BCUT2D eigenvalue weighted by Gasteiger charge is 2.24. The van der Waals surface area contributed by atoms with Gasteiger partial charge in [-0.1, -0.05) is 30.7 Å². The molecule has 0 saturated heterocycles. The summed E-state index contributed by atoms with van der Waals surface area (Å²) in [6, 6.07) is 4.48. The van der Waals surface area contributed by atoms with E-state index < -0.39 is 27.7 Å². The molecule has 0 aliphatic rings. The minimum Gasteiger partial charge on any atom is -0.469 e. The van der Waals surface area contributed by atoms with Crippen molar-refractivity contribution in [3.63, 3.8) is 0 Å². The van der Waals surface area contributed by atoms with Crippen molar-refractivity contribution in [2.75, 3.05) is 20.0 Å². The fraction of sp³-hybridized carbons (Fsp3) is 0.429. The average Bonchev–Trinajstić information content (AvgIpc) is 2.46. The van der Waals surface area contributed by atoms with Crippen molar-refractivity contribution in [3.05, 3.63) is 34.3 Å². The van der Waals surface area contributed by atoms with E-state index in [-0.39, 0.29) is 27.7 Å². The van der Waals surface area contributed by atoms with E-state index in [1.807, 2.05) is 0 Å². The lowest BCUT2D eigenvalue weighted by Gasteiger charge is -2.12. The minimum absolute atomic E-state index is 0.0312. The molecule has 0 radical (unpaired) electrons. The molecule has 8 heteroatoms. The van der Waals surface area contributed by atoms with Gasteiger partial charge in [0.2, 0.25) is 0 Å². The summed E-state index contributed by atoms with van der Waals surface area (Å²) in [6.07, 6.45) is 0. The second-order valence-electron chi connectivity index (χ2n) is 4.75. The number of hydrogen-bond donors (Lipinski definition) is 0. The largest absolute Gasteiger partial charge is 0.469 e. The van der Waals surface area contributed by atoms with Gasteiger partial charge in [-0.15, -0.1) is 0 Å². The van der Waals surface area contributed by atoms with E-state index in [0.717, 1.165) is 0 Å². The summed E-state index contributed by atoms with van der Waals surface area (Å²) < 4.78 is 33.4. The van der Waals surface area contributed by atoms with E-state index in [1.54, 1.807) is 0 Å². The Morgan fingerprint density at radius 1 is 1.23 bits per heavy atom. The number of benzene rings is 1. The van der Waals surface area contributed by atoms with E-state index >= 15 is 0 Å². The Morgan fingerprint density at radius 3 is 2.41 bits per heavy atom. The van der Waals surface area contributed by atoms with Gasteiger partial charge in [-0.3, -0.25) is 4.79 Å². The van der Waals surface area contributed by atoms with Crippen LogP contribution in [0.15, 0.2) is 18.2 Å². The number of hydrogen-bond acceptors (Lipinski definition) is 6. The van der Waals surface area contributed by atoms with Gasteiger partial charge in [-0.05, 0) is 11.6 Å². The maximum Gasteiger partial charge on any atom is 0.339 e. The fourth-order valence-corrected chi connectivity index (χ4v) is 3.98. The molecule has 6 nitrogen and oxygen atoms in total. The number of sulfone groups is 1. The third kappa shape index (κ3) is 4.71. The SMILES string of the molecule is COC(=O)c1cccc(CS(=O)(=O)CC(C)C(=O)OC)c1Cl. The van der Waals surface area contributed by atoms with Crippen molar-refractivity contribution in [1.29, 1.82) is 0 Å². The van der Waals surface area contributed by atoms with Crippen LogP contribution in [0.2, 0.25) is 5.02 Å². The fourth-order valence-electron chi connectivity index (χ4n) is 1.90. The number of ether oxygens (including phenoxy) is 2. The molecule has 0 fully saturated rings. The number of carbonyl (C=O) groups is 2. The maximum absolute atomic E-state index is 12.2. The van der Waals surface area contributed by atoms with Crippen LogP contribution >= 0.6 is 11.6 Å². The zero-order chi connectivity index (χ0) is 16.9. The molecule has 0 aromatic heterocycles. The Hall–Kier alpha value is -1.60. The van der Waals surface area contributed by atoms with Crippen LogP contribution < -0.4 is 0 Å². The van der Waals surface area contributed by atoms with Crippen LogP contribution in [0.5, 0.6) is 0 Å². The smallest absolute Gasteiger partial charge is 0.339 e. The van der Waals surface area contributed by atoms with Gasteiger partial charge >= 0.3 is 11.9 Å². The normalized spacial score (nSPS) is 12.5. The number of methoxy groups -OCH3 is 2. The second-order valence-corrected chi connectivity index (χ2v) is 7.24. The van der Waals surface area contributed by atoms with Crippen LogP contribution in [0.25, 0.3) is 0 Å². The van der Waals surface area contributed by atoms with Crippen molar-refractivity contribution >= 4 is 33.4 Å². The summed E-state index contributed by atoms with van der Waals surface area (Å²) >= 11 is 6.06. The van der Waals surface area contributed by atoms with Gasteiger partial charge in [0.25, 0.3) is 0 Å². The number of carbonyl (C=O) groups excluding carboxylic acids is 2. The third-order valence-corrected chi connectivity index (χ3v) is 5.17. The highest BCUT2D eigenvalue weighted by molar-refractivity contribution is 7.90. The van der Waals surface area contributed by atoms with Crippen LogP contribution in [-0.4, -0.2) is 40.3 Å². The molecule has 0 aliphatic carbocycles. The quantitative estimate of drug-likeness (QED) is 0.729. The molecular formula is C14H17ClO6S. The van der Waals surface area contributed by atoms with Gasteiger partial charge in [0.1, 0.15) is 0 Å². The summed E-state index contributed by atoms with van der Waals surface area (Å²) in [5, 5.41) is 0.0312. The Labute approximate surface area is 134 Å². The van der Waals surface area contributed by atoms with Gasteiger partial charge in [0.15, 0.2) is 9.84 Å².